The fourth-order valence-electron chi connectivity index (χ4n) is 2.92. The van der Waals surface area contributed by atoms with Crippen LogP contribution in [0, 0.1) is 0 Å². The molecule has 4 unspecified atom stereocenters. The number of carbonyl (C=O) groups is 6. The maximum Gasteiger partial charge on any atom is 0.326 e. The summed E-state index contributed by atoms with van der Waals surface area (Å²) < 4.78 is 0. The van der Waals surface area contributed by atoms with Gasteiger partial charge in [0.2, 0.25) is 23.6 Å². The molecule has 0 saturated heterocycles. The number of amides is 4. The predicted octanol–water partition coefficient (Wildman–Crippen LogP) is -2.52. The zero-order valence-electron chi connectivity index (χ0n) is 19.7. The molecule has 14 nitrogen and oxygen atoms in total. The number of nitrogens with two attached hydrogens (primary N) is 3. The van der Waals surface area contributed by atoms with Gasteiger partial charge < -0.3 is 43.4 Å². The van der Waals surface area contributed by atoms with E-state index in [2.05, 4.69) is 16.0 Å². The molecule has 0 radical (unpaired) electrons. The van der Waals surface area contributed by atoms with Crippen molar-refractivity contribution < 1.29 is 39.0 Å². The molecule has 0 heterocycles. The first-order valence-corrected chi connectivity index (χ1v) is 12.4. The van der Waals surface area contributed by atoms with E-state index in [-0.39, 0.29) is 19.3 Å². The minimum absolute atomic E-state index is 0.129. The first kappa shape index (κ1) is 32.1. The molecule has 0 spiro atoms. The Morgan fingerprint density at radius 3 is 1.86 bits per heavy atom. The van der Waals surface area contributed by atoms with Crippen LogP contribution in [0.1, 0.15) is 44.9 Å². The number of rotatable bonds is 19. The molecule has 0 aliphatic carbocycles. The molecular weight excluding hydrogens is 484 g/mol. The molecule has 4 amide bonds. The molecule has 15 heteroatoms. The highest BCUT2D eigenvalue weighted by atomic mass is 32.2. The van der Waals surface area contributed by atoms with Crippen LogP contribution < -0.4 is 33.2 Å². The Kier molecular flexibility index (Phi) is 16.1. The molecule has 0 saturated carbocycles. The summed E-state index contributed by atoms with van der Waals surface area (Å²) in [4.78, 5) is 71.5. The third-order valence-corrected chi connectivity index (χ3v) is 5.49. The number of carboxylic acids is 2. The highest BCUT2D eigenvalue weighted by Gasteiger charge is 2.30. The van der Waals surface area contributed by atoms with Crippen LogP contribution >= 0.6 is 11.8 Å². The summed E-state index contributed by atoms with van der Waals surface area (Å²) in [5.41, 5.74) is 16.1. The van der Waals surface area contributed by atoms with E-state index in [0.717, 1.165) is 0 Å². The predicted molar refractivity (Wildman–Crippen MR) is 128 cm³/mol. The van der Waals surface area contributed by atoms with Crippen LogP contribution in [-0.2, 0) is 28.8 Å². The van der Waals surface area contributed by atoms with E-state index < -0.39 is 72.6 Å². The van der Waals surface area contributed by atoms with E-state index in [1.807, 2.05) is 0 Å². The third-order valence-electron chi connectivity index (χ3n) is 4.84. The Balaban J connectivity index is 5.55. The van der Waals surface area contributed by atoms with Gasteiger partial charge in [0, 0.05) is 6.42 Å². The number of hydrogen-bond acceptors (Lipinski definition) is 9. The average Bonchev–Trinajstić information content (AvgIpc) is 2.77. The highest BCUT2D eigenvalue weighted by Crippen LogP contribution is 2.07. The van der Waals surface area contributed by atoms with Crippen molar-refractivity contribution in [3.05, 3.63) is 0 Å². The van der Waals surface area contributed by atoms with Crippen molar-refractivity contribution in [1.82, 2.24) is 16.0 Å². The average molecular weight is 521 g/mol. The lowest BCUT2D eigenvalue weighted by Crippen LogP contribution is -2.57. The number of hydrogen-bond donors (Lipinski definition) is 8. The summed E-state index contributed by atoms with van der Waals surface area (Å²) in [6.07, 6.45) is 1.77. The number of aliphatic carboxylic acids is 2. The van der Waals surface area contributed by atoms with Crippen LogP contribution in [0.2, 0.25) is 0 Å². The summed E-state index contributed by atoms with van der Waals surface area (Å²) in [7, 11) is 0. The van der Waals surface area contributed by atoms with Gasteiger partial charge in [0.1, 0.15) is 18.1 Å². The highest BCUT2D eigenvalue weighted by molar-refractivity contribution is 7.98. The number of carbonyl (C=O) groups excluding carboxylic acids is 4. The van der Waals surface area contributed by atoms with Gasteiger partial charge in [-0.25, -0.2) is 4.79 Å². The Morgan fingerprint density at radius 2 is 1.37 bits per heavy atom. The van der Waals surface area contributed by atoms with Gasteiger partial charge in [0.25, 0.3) is 0 Å². The van der Waals surface area contributed by atoms with E-state index in [4.69, 9.17) is 22.3 Å². The SMILES string of the molecule is CSCCC(NC(=O)C(CCCCN)NC(=O)C(CCC(=O)O)NC(=O)C(N)CC(N)=O)C(=O)O. The fourth-order valence-corrected chi connectivity index (χ4v) is 3.40. The Bertz CT molecular complexity index is 753. The molecule has 0 aromatic carbocycles. The largest absolute Gasteiger partial charge is 0.481 e. The number of thioether (sulfide) groups is 1. The van der Waals surface area contributed by atoms with Crippen molar-refractivity contribution in [2.75, 3.05) is 18.6 Å². The summed E-state index contributed by atoms with van der Waals surface area (Å²) in [5, 5.41) is 25.5. The molecule has 4 atom stereocenters. The molecule has 35 heavy (non-hydrogen) atoms. The normalized spacial score (nSPS) is 14.1. The lowest BCUT2D eigenvalue weighted by molar-refractivity contribution is -0.142. The molecule has 0 aliphatic rings. The Morgan fingerprint density at radius 1 is 0.829 bits per heavy atom. The molecule has 11 N–H and O–H groups in total. The van der Waals surface area contributed by atoms with E-state index in [9.17, 15) is 33.9 Å². The molecule has 0 aliphatic heterocycles. The number of unbranched alkanes of at least 4 members (excludes halogenated alkanes) is 1. The zero-order valence-corrected chi connectivity index (χ0v) is 20.5. The van der Waals surface area contributed by atoms with Gasteiger partial charge in [-0.1, -0.05) is 0 Å². The van der Waals surface area contributed by atoms with Crippen LogP contribution in [0.25, 0.3) is 0 Å². The minimum atomic E-state index is -1.38. The van der Waals surface area contributed by atoms with Crippen LogP contribution in [0.3, 0.4) is 0 Å². The van der Waals surface area contributed by atoms with Crippen molar-refractivity contribution in [2.45, 2.75) is 69.1 Å². The molecule has 200 valence electrons. The van der Waals surface area contributed by atoms with E-state index >= 15 is 0 Å². The molecule has 0 bridgehead atoms. The van der Waals surface area contributed by atoms with Gasteiger partial charge in [0.15, 0.2) is 0 Å². The summed E-state index contributed by atoms with van der Waals surface area (Å²) in [6, 6.07) is -5.06. The first-order chi connectivity index (χ1) is 16.4. The van der Waals surface area contributed by atoms with E-state index in [1.54, 1.807) is 6.26 Å². The second-order valence-electron chi connectivity index (χ2n) is 7.80. The smallest absolute Gasteiger partial charge is 0.326 e. The van der Waals surface area contributed by atoms with Crippen molar-refractivity contribution in [1.29, 1.82) is 0 Å². The topological polar surface area (TPSA) is 257 Å². The van der Waals surface area contributed by atoms with Gasteiger partial charge in [-0.2, -0.15) is 11.8 Å². The summed E-state index contributed by atoms with van der Waals surface area (Å²) >= 11 is 1.41. The monoisotopic (exact) mass is 520 g/mol. The van der Waals surface area contributed by atoms with E-state index in [0.29, 0.717) is 25.1 Å². The first-order valence-electron chi connectivity index (χ1n) is 11.0. The van der Waals surface area contributed by atoms with Crippen LogP contribution in [0.4, 0.5) is 0 Å². The standard InChI is InChI=1S/C20H36N6O8S/c1-35-9-7-14(20(33)34)26-18(31)12(4-2-3-8-21)25-19(32)13(5-6-16(28)29)24-17(30)11(22)10-15(23)27/h11-14H,2-10,21-22H2,1H3,(H2,23,27)(H,24,30)(H,25,32)(H,26,31)(H,28,29)(H,33,34). The molecule has 0 rings (SSSR count). The molecular formula is C20H36N6O8S. The van der Waals surface area contributed by atoms with Gasteiger partial charge in [-0.05, 0) is 50.7 Å². The summed E-state index contributed by atoms with van der Waals surface area (Å²) in [5.74, 6) is -5.32. The van der Waals surface area contributed by atoms with Gasteiger partial charge >= 0.3 is 11.9 Å². The Labute approximate surface area is 207 Å². The molecule has 0 aromatic rings. The molecule has 0 aromatic heterocycles. The second-order valence-corrected chi connectivity index (χ2v) is 8.78. The maximum atomic E-state index is 12.9. The Hall–Kier alpha value is -2.91. The maximum absolute atomic E-state index is 12.9. The van der Waals surface area contributed by atoms with Gasteiger partial charge in [-0.15, -0.1) is 0 Å². The lowest BCUT2D eigenvalue weighted by atomic mass is 10.0. The van der Waals surface area contributed by atoms with Crippen LogP contribution in [0.5, 0.6) is 0 Å². The minimum Gasteiger partial charge on any atom is -0.481 e. The summed E-state index contributed by atoms with van der Waals surface area (Å²) in [6.45, 7) is 0.336. The zero-order chi connectivity index (χ0) is 27.0. The van der Waals surface area contributed by atoms with Gasteiger partial charge in [0.05, 0.1) is 12.5 Å². The third kappa shape index (κ3) is 14.2. The quantitative estimate of drug-likeness (QED) is 0.0824. The molecule has 0 fully saturated rings. The fraction of sp³-hybridized carbons (Fsp3) is 0.700. The van der Waals surface area contributed by atoms with Crippen LogP contribution in [-0.4, -0.2) is 88.5 Å². The van der Waals surface area contributed by atoms with Gasteiger partial charge in [-0.3, -0.25) is 24.0 Å². The van der Waals surface area contributed by atoms with Crippen molar-refractivity contribution >= 4 is 47.3 Å². The van der Waals surface area contributed by atoms with Crippen molar-refractivity contribution in [2.24, 2.45) is 17.2 Å². The van der Waals surface area contributed by atoms with E-state index in [1.165, 1.54) is 11.8 Å². The number of nitrogens with one attached hydrogen (secondary N) is 3. The van der Waals surface area contributed by atoms with Crippen LogP contribution in [0.15, 0.2) is 0 Å². The van der Waals surface area contributed by atoms with Crippen molar-refractivity contribution in [3.63, 3.8) is 0 Å². The van der Waals surface area contributed by atoms with Crippen molar-refractivity contribution in [3.8, 4) is 0 Å². The lowest BCUT2D eigenvalue weighted by Gasteiger charge is -2.25. The number of carboxylic acid groups (broad SMARTS) is 2. The number of primary amides is 1. The second kappa shape index (κ2) is 17.5.